The number of fused-ring (bicyclic) bond motifs is 1. The van der Waals surface area contributed by atoms with Crippen LogP contribution in [0, 0.1) is 0 Å². The molecule has 1 aliphatic heterocycles. The molecule has 0 radical (unpaired) electrons. The van der Waals surface area contributed by atoms with Gasteiger partial charge in [0.25, 0.3) is 5.91 Å². The number of hydrogen-bond donors (Lipinski definition) is 2. The third-order valence-electron chi connectivity index (χ3n) is 4.07. The van der Waals surface area contributed by atoms with Crippen LogP contribution >= 0.6 is 0 Å². The number of para-hydroxylation sites is 1. The molecule has 1 aliphatic rings. The Balaban J connectivity index is 1.69. The molecule has 0 fully saturated rings. The average molecular weight is 371 g/mol. The zero-order valence-electron chi connectivity index (χ0n) is 14.9. The quantitative estimate of drug-likeness (QED) is 0.776. The molecule has 0 aliphatic carbocycles. The van der Waals surface area contributed by atoms with Gasteiger partial charge < -0.3 is 24.6 Å². The Kier molecular flexibility index (Phi) is 5.80. The number of hydrogen-bond acceptors (Lipinski definition) is 5. The minimum atomic E-state index is -1.09. The van der Waals surface area contributed by atoms with Gasteiger partial charge in [-0.2, -0.15) is 0 Å². The van der Waals surface area contributed by atoms with E-state index in [9.17, 15) is 9.59 Å². The second-order valence-corrected chi connectivity index (χ2v) is 6.07. The number of rotatable bonds is 7. The highest BCUT2D eigenvalue weighted by molar-refractivity contribution is 5.95. The molecule has 1 atom stereocenters. The minimum Gasteiger partial charge on any atom is -0.491 e. The van der Waals surface area contributed by atoms with Gasteiger partial charge in [-0.15, -0.1) is 0 Å². The summed E-state index contributed by atoms with van der Waals surface area (Å²) >= 11 is 0. The molecular formula is C20H21NO6. The van der Waals surface area contributed by atoms with E-state index in [0.29, 0.717) is 30.9 Å². The van der Waals surface area contributed by atoms with Crippen LogP contribution in [0.15, 0.2) is 42.5 Å². The molecule has 2 aromatic rings. The highest BCUT2D eigenvalue weighted by Gasteiger charge is 2.22. The van der Waals surface area contributed by atoms with Gasteiger partial charge in [-0.1, -0.05) is 18.2 Å². The SMILES string of the molecule is CCOc1cc(C(=O)N[C@@H]2COc3ccccc3C2)ccc1OCC(=O)O. The Morgan fingerprint density at radius 2 is 2.00 bits per heavy atom. The number of ether oxygens (including phenoxy) is 3. The first-order valence-electron chi connectivity index (χ1n) is 8.70. The highest BCUT2D eigenvalue weighted by Crippen LogP contribution is 2.29. The lowest BCUT2D eigenvalue weighted by Gasteiger charge is -2.26. The maximum Gasteiger partial charge on any atom is 0.341 e. The van der Waals surface area contributed by atoms with Gasteiger partial charge in [0.15, 0.2) is 18.1 Å². The van der Waals surface area contributed by atoms with E-state index in [4.69, 9.17) is 19.3 Å². The Morgan fingerprint density at radius 3 is 2.78 bits per heavy atom. The smallest absolute Gasteiger partial charge is 0.341 e. The molecule has 142 valence electrons. The summed E-state index contributed by atoms with van der Waals surface area (Å²) in [5.41, 5.74) is 1.46. The van der Waals surface area contributed by atoms with Crippen molar-refractivity contribution in [2.45, 2.75) is 19.4 Å². The summed E-state index contributed by atoms with van der Waals surface area (Å²) in [6, 6.07) is 12.3. The third-order valence-corrected chi connectivity index (χ3v) is 4.07. The van der Waals surface area contributed by atoms with E-state index in [0.717, 1.165) is 11.3 Å². The first kappa shape index (κ1) is 18.6. The van der Waals surface area contributed by atoms with Crippen molar-refractivity contribution in [3.05, 3.63) is 53.6 Å². The fraction of sp³-hybridized carbons (Fsp3) is 0.300. The Bertz CT molecular complexity index is 835. The summed E-state index contributed by atoms with van der Waals surface area (Å²) < 4.78 is 16.4. The number of aliphatic carboxylic acids is 1. The lowest BCUT2D eigenvalue weighted by atomic mass is 10.0. The maximum atomic E-state index is 12.6. The second kappa shape index (κ2) is 8.44. The largest absolute Gasteiger partial charge is 0.491 e. The fourth-order valence-corrected chi connectivity index (χ4v) is 2.87. The van der Waals surface area contributed by atoms with Gasteiger partial charge in [0, 0.05) is 5.56 Å². The Morgan fingerprint density at radius 1 is 1.19 bits per heavy atom. The number of nitrogens with one attached hydrogen (secondary N) is 1. The van der Waals surface area contributed by atoms with Crippen LogP contribution in [-0.2, 0) is 11.2 Å². The topological polar surface area (TPSA) is 94.1 Å². The maximum absolute atomic E-state index is 12.6. The second-order valence-electron chi connectivity index (χ2n) is 6.07. The fourth-order valence-electron chi connectivity index (χ4n) is 2.87. The van der Waals surface area contributed by atoms with Crippen molar-refractivity contribution in [1.82, 2.24) is 5.32 Å². The summed E-state index contributed by atoms with van der Waals surface area (Å²) in [5.74, 6) is 0.120. The standard InChI is InChI=1S/C20H21NO6/c1-2-25-18-10-14(7-8-17(18)27-12-19(22)23)20(24)21-15-9-13-5-3-4-6-16(13)26-11-15/h3-8,10,15H,2,9,11-12H2,1H3,(H,21,24)(H,22,23)/t15-/m0/s1. The van der Waals surface area contributed by atoms with Gasteiger partial charge >= 0.3 is 5.97 Å². The molecule has 0 saturated heterocycles. The molecule has 0 saturated carbocycles. The van der Waals surface area contributed by atoms with Crippen LogP contribution in [0.1, 0.15) is 22.8 Å². The molecule has 7 nitrogen and oxygen atoms in total. The molecule has 0 spiro atoms. The van der Waals surface area contributed by atoms with Gasteiger partial charge in [0.1, 0.15) is 12.4 Å². The van der Waals surface area contributed by atoms with E-state index in [1.165, 1.54) is 6.07 Å². The highest BCUT2D eigenvalue weighted by atomic mass is 16.5. The van der Waals surface area contributed by atoms with Crippen LogP contribution < -0.4 is 19.5 Å². The lowest BCUT2D eigenvalue weighted by Crippen LogP contribution is -2.42. The molecule has 0 bridgehead atoms. The van der Waals surface area contributed by atoms with Crippen molar-refractivity contribution in [3.63, 3.8) is 0 Å². The van der Waals surface area contributed by atoms with Crippen LogP contribution in [0.25, 0.3) is 0 Å². The molecule has 27 heavy (non-hydrogen) atoms. The number of carboxylic acids is 1. The molecular weight excluding hydrogens is 350 g/mol. The van der Waals surface area contributed by atoms with E-state index in [1.807, 2.05) is 24.3 Å². The van der Waals surface area contributed by atoms with Gasteiger partial charge in [0.05, 0.1) is 12.6 Å². The number of benzene rings is 2. The molecule has 7 heteroatoms. The predicted octanol–water partition coefficient (Wildman–Crippen LogP) is 2.28. The average Bonchev–Trinajstić information content (AvgIpc) is 2.67. The van der Waals surface area contributed by atoms with Gasteiger partial charge in [-0.05, 0) is 43.2 Å². The van der Waals surface area contributed by atoms with Crippen LogP contribution in [0.4, 0.5) is 0 Å². The van der Waals surface area contributed by atoms with E-state index in [2.05, 4.69) is 5.32 Å². The normalized spacial score (nSPS) is 15.2. The van der Waals surface area contributed by atoms with E-state index in [-0.39, 0.29) is 17.7 Å². The van der Waals surface area contributed by atoms with Crippen LogP contribution in [0.5, 0.6) is 17.2 Å². The van der Waals surface area contributed by atoms with Crippen molar-refractivity contribution in [1.29, 1.82) is 0 Å². The minimum absolute atomic E-state index is 0.133. The molecule has 0 unspecified atom stereocenters. The summed E-state index contributed by atoms with van der Waals surface area (Å²) in [6.07, 6.45) is 0.694. The zero-order chi connectivity index (χ0) is 19.2. The molecule has 2 N–H and O–H groups in total. The van der Waals surface area contributed by atoms with Crippen molar-refractivity contribution in [3.8, 4) is 17.2 Å². The first-order valence-corrected chi connectivity index (χ1v) is 8.70. The van der Waals surface area contributed by atoms with Crippen molar-refractivity contribution in [2.75, 3.05) is 19.8 Å². The summed E-state index contributed by atoms with van der Waals surface area (Å²) in [5, 5.41) is 11.7. The molecule has 1 heterocycles. The molecule has 0 aromatic heterocycles. The summed E-state index contributed by atoms with van der Waals surface area (Å²) in [4.78, 5) is 23.3. The van der Waals surface area contributed by atoms with Crippen LogP contribution in [0.2, 0.25) is 0 Å². The van der Waals surface area contributed by atoms with Gasteiger partial charge in [-0.3, -0.25) is 4.79 Å². The van der Waals surface area contributed by atoms with Crippen molar-refractivity contribution >= 4 is 11.9 Å². The first-order chi connectivity index (χ1) is 13.1. The van der Waals surface area contributed by atoms with Gasteiger partial charge in [-0.25, -0.2) is 4.79 Å². The lowest BCUT2D eigenvalue weighted by molar-refractivity contribution is -0.139. The Hall–Kier alpha value is -3.22. The van der Waals surface area contributed by atoms with Crippen molar-refractivity contribution in [2.24, 2.45) is 0 Å². The number of carboxylic acid groups (broad SMARTS) is 1. The van der Waals surface area contributed by atoms with E-state index >= 15 is 0 Å². The zero-order valence-corrected chi connectivity index (χ0v) is 14.9. The van der Waals surface area contributed by atoms with Gasteiger partial charge in [0.2, 0.25) is 0 Å². The molecule has 1 amide bonds. The Labute approximate surface area is 156 Å². The number of carbonyl (C=O) groups excluding carboxylic acids is 1. The third kappa shape index (κ3) is 4.69. The molecule has 3 rings (SSSR count). The summed E-state index contributed by atoms with van der Waals surface area (Å²) in [6.45, 7) is 2.08. The van der Waals surface area contributed by atoms with E-state index in [1.54, 1.807) is 19.1 Å². The monoisotopic (exact) mass is 371 g/mol. The number of carbonyl (C=O) groups is 2. The van der Waals surface area contributed by atoms with Crippen LogP contribution in [-0.4, -0.2) is 42.8 Å². The van der Waals surface area contributed by atoms with Crippen LogP contribution in [0.3, 0.4) is 0 Å². The number of amides is 1. The van der Waals surface area contributed by atoms with Crippen molar-refractivity contribution < 1.29 is 28.9 Å². The molecule has 2 aromatic carbocycles. The predicted molar refractivity (Wildman–Crippen MR) is 97.6 cm³/mol. The summed E-state index contributed by atoms with van der Waals surface area (Å²) in [7, 11) is 0. The van der Waals surface area contributed by atoms with E-state index < -0.39 is 12.6 Å².